The van der Waals surface area contributed by atoms with E-state index in [0.717, 1.165) is 21.9 Å². The molecule has 19 heavy (non-hydrogen) atoms. The zero-order chi connectivity index (χ0) is 14.7. The van der Waals surface area contributed by atoms with Crippen molar-refractivity contribution in [2.45, 2.75) is 39.5 Å². The third-order valence-corrected chi connectivity index (χ3v) is 4.22. The molecule has 0 heterocycles. The molecular formula is C15H22ClNOS. The highest BCUT2D eigenvalue weighted by Gasteiger charge is 2.23. The van der Waals surface area contributed by atoms with Crippen molar-refractivity contribution in [2.75, 3.05) is 7.11 Å². The Morgan fingerprint density at radius 3 is 2.16 bits per heavy atom. The van der Waals surface area contributed by atoms with Crippen LogP contribution in [0.25, 0.3) is 0 Å². The molecule has 0 radical (unpaired) electrons. The van der Waals surface area contributed by atoms with Crippen molar-refractivity contribution in [1.29, 1.82) is 0 Å². The summed E-state index contributed by atoms with van der Waals surface area (Å²) in [6, 6.07) is 3.92. The molecule has 1 aromatic rings. The van der Waals surface area contributed by atoms with E-state index in [9.17, 15) is 0 Å². The lowest BCUT2D eigenvalue weighted by molar-refractivity contribution is 0.396. The van der Waals surface area contributed by atoms with Crippen LogP contribution in [0.2, 0.25) is 5.02 Å². The Labute approximate surface area is 126 Å². The molecule has 0 aliphatic rings. The summed E-state index contributed by atoms with van der Waals surface area (Å²) in [6.07, 6.45) is 0. The summed E-state index contributed by atoms with van der Waals surface area (Å²) in [5.41, 5.74) is 7.95. The minimum atomic E-state index is 0.0994. The van der Waals surface area contributed by atoms with Gasteiger partial charge in [-0.2, -0.15) is 0 Å². The van der Waals surface area contributed by atoms with Crippen molar-refractivity contribution < 1.29 is 4.74 Å². The van der Waals surface area contributed by atoms with Crippen LogP contribution in [0.1, 0.15) is 50.7 Å². The Morgan fingerprint density at radius 1 is 1.21 bits per heavy atom. The van der Waals surface area contributed by atoms with E-state index in [0.29, 0.717) is 10.9 Å². The van der Waals surface area contributed by atoms with E-state index in [1.165, 1.54) is 0 Å². The Balaban J connectivity index is 3.37. The van der Waals surface area contributed by atoms with E-state index < -0.39 is 0 Å². The Morgan fingerprint density at radius 2 is 1.74 bits per heavy atom. The molecule has 2 unspecified atom stereocenters. The van der Waals surface area contributed by atoms with Crippen LogP contribution in [0.5, 0.6) is 5.75 Å². The van der Waals surface area contributed by atoms with Gasteiger partial charge in [0.05, 0.1) is 12.1 Å². The Bertz CT molecular complexity index is 473. The second-order valence-corrected chi connectivity index (χ2v) is 6.16. The monoisotopic (exact) mass is 299 g/mol. The summed E-state index contributed by atoms with van der Waals surface area (Å²) in [6.45, 7) is 8.38. The molecule has 2 nitrogen and oxygen atoms in total. The van der Waals surface area contributed by atoms with Crippen LogP contribution >= 0.6 is 23.8 Å². The fraction of sp³-hybridized carbons (Fsp3) is 0.533. The van der Waals surface area contributed by atoms with E-state index in [1.54, 1.807) is 7.11 Å². The van der Waals surface area contributed by atoms with Gasteiger partial charge in [0.2, 0.25) is 0 Å². The summed E-state index contributed by atoms with van der Waals surface area (Å²) in [5.74, 6) is 1.51. The maximum absolute atomic E-state index is 6.23. The second kappa shape index (κ2) is 6.58. The normalized spacial score (nSPS) is 14.3. The number of thiocarbonyl (C=S) groups is 1. The van der Waals surface area contributed by atoms with E-state index >= 15 is 0 Å². The Hall–Kier alpha value is -0.800. The molecule has 0 amide bonds. The molecule has 0 saturated carbocycles. The van der Waals surface area contributed by atoms with Crippen molar-refractivity contribution in [3.05, 3.63) is 28.3 Å². The van der Waals surface area contributed by atoms with Crippen molar-refractivity contribution in [2.24, 2.45) is 11.7 Å². The molecule has 4 heteroatoms. The van der Waals surface area contributed by atoms with Gasteiger partial charge < -0.3 is 10.5 Å². The van der Waals surface area contributed by atoms with Crippen molar-refractivity contribution >= 4 is 28.8 Å². The third-order valence-electron chi connectivity index (χ3n) is 3.63. The molecule has 0 bridgehead atoms. The van der Waals surface area contributed by atoms with E-state index in [1.807, 2.05) is 19.1 Å². The Kier molecular flexibility index (Phi) is 5.63. The van der Waals surface area contributed by atoms with Crippen molar-refractivity contribution in [3.63, 3.8) is 0 Å². The van der Waals surface area contributed by atoms with Crippen molar-refractivity contribution in [1.82, 2.24) is 0 Å². The van der Waals surface area contributed by atoms with Gasteiger partial charge in [-0.3, -0.25) is 0 Å². The number of halogens is 1. The molecular weight excluding hydrogens is 278 g/mol. The predicted molar refractivity (Wildman–Crippen MR) is 86.5 cm³/mol. The minimum Gasteiger partial charge on any atom is -0.496 e. The van der Waals surface area contributed by atoms with Crippen LogP contribution in [0.3, 0.4) is 0 Å². The zero-order valence-corrected chi connectivity index (χ0v) is 13.7. The zero-order valence-electron chi connectivity index (χ0n) is 12.2. The lowest BCUT2D eigenvalue weighted by Crippen LogP contribution is -2.23. The molecule has 0 aliphatic carbocycles. The van der Waals surface area contributed by atoms with Crippen LogP contribution in [-0.4, -0.2) is 12.1 Å². The maximum Gasteiger partial charge on any atom is 0.125 e. The van der Waals surface area contributed by atoms with Gasteiger partial charge in [-0.15, -0.1) is 0 Å². The predicted octanol–water partition coefficient (Wildman–Crippen LogP) is 4.50. The van der Waals surface area contributed by atoms with Gasteiger partial charge in [0.25, 0.3) is 0 Å². The maximum atomic E-state index is 6.23. The summed E-state index contributed by atoms with van der Waals surface area (Å²) in [5, 5.41) is 0.724. The van der Waals surface area contributed by atoms with Gasteiger partial charge in [-0.05, 0) is 35.1 Å². The van der Waals surface area contributed by atoms with Crippen LogP contribution in [0, 0.1) is 5.92 Å². The number of rotatable bonds is 5. The molecule has 106 valence electrons. The fourth-order valence-electron chi connectivity index (χ4n) is 2.16. The number of hydrogen-bond donors (Lipinski definition) is 1. The number of ether oxygens (including phenoxy) is 1. The largest absolute Gasteiger partial charge is 0.496 e. The first-order valence-corrected chi connectivity index (χ1v) is 7.24. The highest BCUT2D eigenvalue weighted by atomic mass is 35.5. The summed E-state index contributed by atoms with van der Waals surface area (Å²) in [7, 11) is 1.69. The molecule has 0 spiro atoms. The molecule has 0 fully saturated rings. The minimum absolute atomic E-state index is 0.0994. The molecule has 2 N–H and O–H groups in total. The number of hydrogen-bond acceptors (Lipinski definition) is 2. The standard InChI is InChI=1S/C15H22ClNOS/c1-8(2)12-6-11(16)7-13(14(12)18-5)9(3)10(4)15(17)19/h6-10H,1-5H3,(H2,17,19). The third kappa shape index (κ3) is 3.61. The second-order valence-electron chi connectivity index (χ2n) is 5.25. The summed E-state index contributed by atoms with van der Waals surface area (Å²) >= 11 is 11.3. The number of nitrogens with two attached hydrogens (primary N) is 1. The van der Waals surface area contributed by atoms with Crippen LogP contribution in [0.15, 0.2) is 12.1 Å². The van der Waals surface area contributed by atoms with Gasteiger partial charge in [0.15, 0.2) is 0 Å². The lowest BCUT2D eigenvalue weighted by Gasteiger charge is -2.24. The van der Waals surface area contributed by atoms with Crippen LogP contribution < -0.4 is 10.5 Å². The molecule has 1 rings (SSSR count). The van der Waals surface area contributed by atoms with Gasteiger partial charge in [-0.1, -0.05) is 51.5 Å². The van der Waals surface area contributed by atoms with Crippen molar-refractivity contribution in [3.8, 4) is 5.75 Å². The topological polar surface area (TPSA) is 35.2 Å². The molecule has 2 atom stereocenters. The quantitative estimate of drug-likeness (QED) is 0.813. The highest BCUT2D eigenvalue weighted by molar-refractivity contribution is 7.80. The molecule has 0 saturated heterocycles. The average molecular weight is 300 g/mol. The van der Waals surface area contributed by atoms with Crippen LogP contribution in [-0.2, 0) is 0 Å². The fourth-order valence-corrected chi connectivity index (χ4v) is 2.59. The number of benzene rings is 1. The highest BCUT2D eigenvalue weighted by Crippen LogP contribution is 2.39. The summed E-state index contributed by atoms with van der Waals surface area (Å²) < 4.78 is 5.60. The van der Waals surface area contributed by atoms with E-state index in [4.69, 9.17) is 34.3 Å². The SMILES string of the molecule is COc1c(C(C)C)cc(Cl)cc1C(C)C(C)C(N)=S. The lowest BCUT2D eigenvalue weighted by atomic mass is 9.85. The van der Waals surface area contributed by atoms with Gasteiger partial charge in [0, 0.05) is 10.9 Å². The van der Waals surface area contributed by atoms with E-state index in [-0.39, 0.29) is 11.8 Å². The smallest absolute Gasteiger partial charge is 0.125 e. The molecule has 0 aliphatic heterocycles. The van der Waals surface area contributed by atoms with Gasteiger partial charge in [0.1, 0.15) is 5.75 Å². The number of methoxy groups -OCH3 is 1. The summed E-state index contributed by atoms with van der Waals surface area (Å²) in [4.78, 5) is 0.514. The first-order chi connectivity index (χ1) is 8.79. The van der Waals surface area contributed by atoms with Crippen LogP contribution in [0.4, 0.5) is 0 Å². The first-order valence-electron chi connectivity index (χ1n) is 6.46. The van der Waals surface area contributed by atoms with Gasteiger partial charge >= 0.3 is 0 Å². The average Bonchev–Trinajstić information content (AvgIpc) is 2.35. The molecule has 0 aromatic heterocycles. The molecule has 1 aromatic carbocycles. The first kappa shape index (κ1) is 16.3. The van der Waals surface area contributed by atoms with E-state index in [2.05, 4.69) is 20.8 Å². The van der Waals surface area contributed by atoms with Gasteiger partial charge in [-0.25, -0.2) is 0 Å².